The van der Waals surface area contributed by atoms with Gasteiger partial charge in [-0.2, -0.15) is 0 Å². The Balaban J connectivity index is 2.08. The summed E-state index contributed by atoms with van der Waals surface area (Å²) in [6.07, 6.45) is 3.68. The number of fused-ring (bicyclic) bond motifs is 2. The summed E-state index contributed by atoms with van der Waals surface area (Å²) in [5.41, 5.74) is 0.483. The molecule has 16 heavy (non-hydrogen) atoms. The van der Waals surface area contributed by atoms with Crippen molar-refractivity contribution in [1.82, 2.24) is 0 Å². The third-order valence-electron chi connectivity index (χ3n) is 4.51. The molecule has 0 heterocycles. The first kappa shape index (κ1) is 12.8. The van der Waals surface area contributed by atoms with Gasteiger partial charge in [0.15, 0.2) is 0 Å². The van der Waals surface area contributed by atoms with Crippen molar-refractivity contribution >= 4 is 20.4 Å². The van der Waals surface area contributed by atoms with Crippen LogP contribution in [0.5, 0.6) is 0 Å². The Hall–Kier alpha value is 0.387. The molecule has 2 aliphatic rings. The molecule has 0 aromatic heterocycles. The molecule has 0 saturated heterocycles. The lowest BCUT2D eigenvalue weighted by Crippen LogP contribution is -2.49. The predicted octanol–water partition coefficient (Wildman–Crippen LogP) is 2.52. The monoisotopic (exact) mass is 264 g/mol. The largest absolute Gasteiger partial charge is 0.503 e. The van der Waals surface area contributed by atoms with Gasteiger partial charge in [0, 0.05) is 32.8 Å². The molecule has 5 heteroatoms. The molecule has 2 saturated carbocycles. The quantitative estimate of drug-likeness (QED) is 0.564. The van der Waals surface area contributed by atoms with Crippen LogP contribution in [0.4, 0.5) is 0 Å². The Bertz CT molecular complexity index is 239. The Labute approximate surface area is 104 Å². The molecular formula is C11H21ClO3Si. The van der Waals surface area contributed by atoms with Crippen molar-refractivity contribution in [2.75, 3.05) is 27.2 Å². The summed E-state index contributed by atoms with van der Waals surface area (Å²) in [7, 11) is 2.71. The summed E-state index contributed by atoms with van der Waals surface area (Å²) < 4.78 is 16.8. The van der Waals surface area contributed by atoms with Crippen LogP contribution in [0.3, 0.4) is 0 Å². The lowest BCUT2D eigenvalue weighted by molar-refractivity contribution is 0.0988. The van der Waals surface area contributed by atoms with Crippen LogP contribution in [-0.4, -0.2) is 36.0 Å². The zero-order chi connectivity index (χ0) is 11.8. The van der Waals surface area contributed by atoms with E-state index in [2.05, 4.69) is 0 Å². The minimum Gasteiger partial charge on any atom is -0.377 e. The lowest BCUT2D eigenvalue weighted by atomic mass is 9.90. The molecular weight excluding hydrogens is 244 g/mol. The van der Waals surface area contributed by atoms with Crippen LogP contribution in [0.2, 0.25) is 5.54 Å². The number of halogens is 1. The molecule has 0 aromatic rings. The van der Waals surface area contributed by atoms with Crippen molar-refractivity contribution in [2.24, 2.45) is 17.8 Å². The van der Waals surface area contributed by atoms with Gasteiger partial charge in [-0.25, -0.2) is 0 Å². The highest BCUT2D eigenvalue weighted by Gasteiger charge is 2.58. The number of alkyl halides is 1. The van der Waals surface area contributed by atoms with E-state index in [-0.39, 0.29) is 0 Å². The molecule has 2 fully saturated rings. The van der Waals surface area contributed by atoms with Crippen molar-refractivity contribution < 1.29 is 13.3 Å². The highest BCUT2D eigenvalue weighted by molar-refractivity contribution is 6.62. The van der Waals surface area contributed by atoms with Gasteiger partial charge in [-0.3, -0.25) is 0 Å². The Kier molecular flexibility index (Phi) is 3.96. The van der Waals surface area contributed by atoms with Crippen LogP contribution in [-0.2, 0) is 13.3 Å². The minimum absolute atomic E-state index is 0.483. The average Bonchev–Trinajstić information content (AvgIpc) is 2.91. The maximum Gasteiger partial charge on any atom is 0.503 e. The molecule has 0 spiro atoms. The second-order valence-corrected chi connectivity index (χ2v) is 8.45. The smallest absolute Gasteiger partial charge is 0.377 e. The fourth-order valence-electron chi connectivity index (χ4n) is 3.72. The first-order valence-corrected chi connectivity index (χ1v) is 8.25. The van der Waals surface area contributed by atoms with E-state index < -0.39 is 8.80 Å². The molecule has 3 nitrogen and oxygen atoms in total. The topological polar surface area (TPSA) is 27.7 Å². The number of hydrogen-bond acceptors (Lipinski definition) is 3. The maximum atomic E-state index is 5.98. The molecule has 0 aliphatic heterocycles. The average molecular weight is 265 g/mol. The predicted molar refractivity (Wildman–Crippen MR) is 65.6 cm³/mol. The standard InChI is InChI=1S/C11H21ClO3Si/c1-13-16(14-2,15-3)11-6-8-4-9(11)5-10(8)7-12/h8-11H,4-7H2,1-3H3. The summed E-state index contributed by atoms with van der Waals surface area (Å²) >= 11 is 5.98. The van der Waals surface area contributed by atoms with Gasteiger partial charge in [0.2, 0.25) is 0 Å². The zero-order valence-corrected chi connectivity index (χ0v) is 12.0. The highest BCUT2D eigenvalue weighted by Crippen LogP contribution is 2.58. The van der Waals surface area contributed by atoms with Gasteiger partial charge in [-0.05, 0) is 37.0 Å². The fourth-order valence-corrected chi connectivity index (χ4v) is 6.95. The molecule has 0 N–H and O–H groups in total. The first-order chi connectivity index (χ1) is 7.70. The Morgan fingerprint density at radius 3 is 2.00 bits per heavy atom. The van der Waals surface area contributed by atoms with Crippen LogP contribution >= 0.6 is 11.6 Å². The van der Waals surface area contributed by atoms with Crippen LogP contribution in [0, 0.1) is 17.8 Å². The molecule has 2 rings (SSSR count). The normalized spacial score (nSPS) is 38.2. The summed E-state index contributed by atoms with van der Waals surface area (Å²) in [5, 5.41) is 0. The SMILES string of the molecule is CO[Si](OC)(OC)C1CC2CC1CC2CCl. The van der Waals surface area contributed by atoms with E-state index in [0.717, 1.165) is 11.8 Å². The Morgan fingerprint density at radius 2 is 1.62 bits per heavy atom. The van der Waals surface area contributed by atoms with Crippen LogP contribution in [0.25, 0.3) is 0 Å². The van der Waals surface area contributed by atoms with Crippen LogP contribution < -0.4 is 0 Å². The van der Waals surface area contributed by atoms with Gasteiger partial charge >= 0.3 is 8.80 Å². The summed E-state index contributed by atoms with van der Waals surface area (Å²) in [4.78, 5) is 0. The summed E-state index contributed by atoms with van der Waals surface area (Å²) in [5.74, 6) is 2.97. The molecule has 0 amide bonds. The molecule has 4 unspecified atom stereocenters. The van der Waals surface area contributed by atoms with E-state index in [9.17, 15) is 0 Å². The van der Waals surface area contributed by atoms with Crippen molar-refractivity contribution in [1.29, 1.82) is 0 Å². The van der Waals surface area contributed by atoms with Gasteiger partial charge < -0.3 is 13.3 Å². The molecule has 0 aromatic carbocycles. The number of hydrogen-bond donors (Lipinski definition) is 0. The van der Waals surface area contributed by atoms with Crippen LogP contribution in [0.1, 0.15) is 19.3 Å². The molecule has 4 atom stereocenters. The second-order valence-electron chi connectivity index (χ2n) is 4.96. The van der Waals surface area contributed by atoms with Gasteiger partial charge in [0.25, 0.3) is 0 Å². The van der Waals surface area contributed by atoms with E-state index >= 15 is 0 Å². The van der Waals surface area contributed by atoms with Crippen molar-refractivity contribution in [3.63, 3.8) is 0 Å². The molecule has 0 radical (unpaired) electrons. The van der Waals surface area contributed by atoms with Crippen LogP contribution in [0.15, 0.2) is 0 Å². The van der Waals surface area contributed by atoms with E-state index in [0.29, 0.717) is 17.4 Å². The third kappa shape index (κ3) is 1.84. The van der Waals surface area contributed by atoms with Gasteiger partial charge in [0.1, 0.15) is 0 Å². The molecule has 94 valence electrons. The van der Waals surface area contributed by atoms with Crippen molar-refractivity contribution in [3.8, 4) is 0 Å². The van der Waals surface area contributed by atoms with Gasteiger partial charge in [-0.15, -0.1) is 11.6 Å². The minimum atomic E-state index is -2.42. The fraction of sp³-hybridized carbons (Fsp3) is 1.00. The summed E-state index contributed by atoms with van der Waals surface area (Å²) in [6.45, 7) is 0. The van der Waals surface area contributed by atoms with E-state index in [1.165, 1.54) is 19.3 Å². The zero-order valence-electron chi connectivity index (χ0n) is 10.2. The van der Waals surface area contributed by atoms with Gasteiger partial charge in [0.05, 0.1) is 0 Å². The Morgan fingerprint density at radius 1 is 1.00 bits per heavy atom. The van der Waals surface area contributed by atoms with Crippen molar-refractivity contribution in [2.45, 2.75) is 24.8 Å². The lowest BCUT2D eigenvalue weighted by Gasteiger charge is -2.36. The maximum absolute atomic E-state index is 5.98. The van der Waals surface area contributed by atoms with E-state index in [4.69, 9.17) is 24.9 Å². The van der Waals surface area contributed by atoms with E-state index in [1.807, 2.05) is 0 Å². The first-order valence-electron chi connectivity index (χ1n) is 5.92. The summed E-state index contributed by atoms with van der Waals surface area (Å²) in [6, 6.07) is 0. The third-order valence-corrected chi connectivity index (χ3v) is 8.23. The van der Waals surface area contributed by atoms with Crippen molar-refractivity contribution in [3.05, 3.63) is 0 Å². The molecule has 2 aliphatic carbocycles. The number of rotatable bonds is 5. The van der Waals surface area contributed by atoms with E-state index in [1.54, 1.807) is 21.3 Å². The second kappa shape index (κ2) is 4.94. The van der Waals surface area contributed by atoms with Gasteiger partial charge in [-0.1, -0.05) is 0 Å². The molecule has 2 bridgehead atoms. The highest BCUT2D eigenvalue weighted by atomic mass is 35.5.